The summed E-state index contributed by atoms with van der Waals surface area (Å²) >= 11 is 0. The zero-order valence-electron chi connectivity index (χ0n) is 17.5. The lowest BCUT2D eigenvalue weighted by Gasteiger charge is -2.25. The quantitative estimate of drug-likeness (QED) is 0.342. The Kier molecular flexibility index (Phi) is 5.50. The first kappa shape index (κ1) is 20.9. The lowest BCUT2D eigenvalue weighted by atomic mass is 10.1. The van der Waals surface area contributed by atoms with Gasteiger partial charge in [-0.05, 0) is 18.6 Å². The molecule has 2 heterocycles. The Balaban J connectivity index is 1.64. The van der Waals surface area contributed by atoms with Crippen molar-refractivity contribution in [2.24, 2.45) is 0 Å². The van der Waals surface area contributed by atoms with E-state index in [0.717, 1.165) is 5.56 Å². The summed E-state index contributed by atoms with van der Waals surface area (Å²) in [4.78, 5) is 42.4. The van der Waals surface area contributed by atoms with Crippen LogP contribution < -0.4 is 5.56 Å². The molecule has 2 aromatic carbocycles. The number of nitrogens with zero attached hydrogens (tertiary/aromatic N) is 6. The van der Waals surface area contributed by atoms with Crippen LogP contribution in [0.15, 0.2) is 71.9 Å². The number of carbonyl (C=O) groups is 1. The minimum atomic E-state index is -0.521. The van der Waals surface area contributed by atoms with Crippen molar-refractivity contribution in [3.05, 3.63) is 93.2 Å². The van der Waals surface area contributed by atoms with Crippen molar-refractivity contribution in [3.63, 3.8) is 0 Å². The lowest BCUT2D eigenvalue weighted by molar-refractivity contribution is -0.384. The highest BCUT2D eigenvalue weighted by Gasteiger charge is 2.21. The normalized spacial score (nSPS) is 11.9. The maximum absolute atomic E-state index is 13.0. The Morgan fingerprint density at radius 2 is 1.84 bits per heavy atom. The second-order valence-corrected chi connectivity index (χ2v) is 7.31. The predicted molar refractivity (Wildman–Crippen MR) is 117 cm³/mol. The molecule has 4 rings (SSSR count). The van der Waals surface area contributed by atoms with Crippen molar-refractivity contribution in [1.82, 2.24) is 24.2 Å². The van der Waals surface area contributed by atoms with E-state index in [4.69, 9.17) is 0 Å². The number of nitro benzene ring substituents is 1. The Bertz CT molecular complexity index is 1360. The van der Waals surface area contributed by atoms with Crippen LogP contribution in [0.1, 0.15) is 18.5 Å². The summed E-state index contributed by atoms with van der Waals surface area (Å²) in [6, 6.07) is 15.5. The number of nitro groups is 1. The summed E-state index contributed by atoms with van der Waals surface area (Å²) in [6.07, 6.45) is 2.56. The van der Waals surface area contributed by atoms with Crippen LogP contribution in [0.4, 0.5) is 5.69 Å². The maximum Gasteiger partial charge on any atom is 0.294 e. The number of likely N-dealkylation sites (N-methyl/N-ethyl adjacent to an activating group) is 1. The van der Waals surface area contributed by atoms with Gasteiger partial charge in [-0.3, -0.25) is 24.3 Å². The molecule has 0 aliphatic rings. The first-order chi connectivity index (χ1) is 15.4. The fraction of sp³-hybridized carbons (Fsp3) is 0.182. The molecule has 0 bridgehead atoms. The predicted octanol–water partition coefficient (Wildman–Crippen LogP) is 2.71. The molecule has 32 heavy (non-hydrogen) atoms. The number of aromatic nitrogens is 4. The van der Waals surface area contributed by atoms with E-state index in [1.54, 1.807) is 24.1 Å². The van der Waals surface area contributed by atoms with Crippen LogP contribution >= 0.6 is 0 Å². The zero-order valence-corrected chi connectivity index (χ0v) is 17.5. The Morgan fingerprint density at radius 1 is 1.16 bits per heavy atom. The summed E-state index contributed by atoms with van der Waals surface area (Å²) in [5.41, 5.74) is 0.753. The Morgan fingerprint density at radius 3 is 2.56 bits per heavy atom. The number of fused-ring (bicyclic) bond motifs is 1. The smallest absolute Gasteiger partial charge is 0.294 e. The van der Waals surface area contributed by atoms with Gasteiger partial charge in [0, 0.05) is 13.1 Å². The molecule has 1 unspecified atom stereocenters. The molecule has 0 fully saturated rings. The van der Waals surface area contributed by atoms with Crippen LogP contribution in [-0.4, -0.2) is 42.1 Å². The Hall–Kier alpha value is -4.34. The number of hydrogen-bond donors (Lipinski definition) is 0. The third-order valence-electron chi connectivity index (χ3n) is 5.42. The van der Waals surface area contributed by atoms with Gasteiger partial charge in [-0.2, -0.15) is 5.10 Å². The van der Waals surface area contributed by atoms with Gasteiger partial charge in [-0.25, -0.2) is 9.67 Å². The number of amides is 1. The number of carbonyl (C=O) groups excluding carboxylic acids is 1. The third-order valence-corrected chi connectivity index (χ3v) is 5.42. The molecule has 0 saturated heterocycles. The van der Waals surface area contributed by atoms with Gasteiger partial charge in [0.25, 0.3) is 11.2 Å². The van der Waals surface area contributed by atoms with Gasteiger partial charge in [0.15, 0.2) is 5.65 Å². The van der Waals surface area contributed by atoms with E-state index in [1.165, 1.54) is 33.9 Å². The SMILES string of the molecule is CC(c1ccccc1)N(C)C(=O)Cn1cnc2c(cnn2-c2ccccc2[N+](=O)[O-])c1=O. The monoisotopic (exact) mass is 432 g/mol. The topological polar surface area (TPSA) is 116 Å². The highest BCUT2D eigenvalue weighted by atomic mass is 16.6. The molecule has 0 radical (unpaired) electrons. The maximum atomic E-state index is 13.0. The summed E-state index contributed by atoms with van der Waals surface area (Å²) in [5, 5.41) is 15.7. The molecular weight excluding hydrogens is 412 g/mol. The molecule has 0 spiro atoms. The fourth-order valence-electron chi connectivity index (χ4n) is 3.46. The van der Waals surface area contributed by atoms with Gasteiger partial charge in [0.05, 0.1) is 17.2 Å². The molecule has 0 aliphatic heterocycles. The van der Waals surface area contributed by atoms with Crippen molar-refractivity contribution in [1.29, 1.82) is 0 Å². The average Bonchev–Trinajstić information content (AvgIpc) is 3.25. The zero-order chi connectivity index (χ0) is 22.8. The first-order valence-electron chi connectivity index (χ1n) is 9.86. The van der Waals surface area contributed by atoms with E-state index in [2.05, 4.69) is 10.1 Å². The molecule has 4 aromatic rings. The highest BCUT2D eigenvalue weighted by molar-refractivity contribution is 5.78. The van der Waals surface area contributed by atoms with E-state index < -0.39 is 10.5 Å². The van der Waals surface area contributed by atoms with Gasteiger partial charge in [0.1, 0.15) is 23.9 Å². The molecule has 10 nitrogen and oxygen atoms in total. The van der Waals surface area contributed by atoms with E-state index >= 15 is 0 Å². The number of hydrogen-bond acceptors (Lipinski definition) is 6. The van der Waals surface area contributed by atoms with Gasteiger partial charge in [-0.1, -0.05) is 42.5 Å². The van der Waals surface area contributed by atoms with Crippen molar-refractivity contribution >= 4 is 22.6 Å². The van der Waals surface area contributed by atoms with Crippen molar-refractivity contribution in [3.8, 4) is 5.69 Å². The summed E-state index contributed by atoms with van der Waals surface area (Å²) in [6.45, 7) is 1.72. The Labute approximate surface area is 182 Å². The van der Waals surface area contributed by atoms with Gasteiger partial charge in [0.2, 0.25) is 5.91 Å². The fourth-order valence-corrected chi connectivity index (χ4v) is 3.46. The van der Waals surface area contributed by atoms with Gasteiger partial charge < -0.3 is 4.90 Å². The summed E-state index contributed by atoms with van der Waals surface area (Å²) in [7, 11) is 1.68. The molecule has 1 atom stereocenters. The van der Waals surface area contributed by atoms with Crippen LogP contribution in [0.5, 0.6) is 0 Å². The van der Waals surface area contributed by atoms with E-state index in [-0.39, 0.29) is 40.9 Å². The largest absolute Gasteiger partial charge is 0.337 e. The molecule has 1 amide bonds. The van der Waals surface area contributed by atoms with Crippen LogP contribution in [-0.2, 0) is 11.3 Å². The minimum absolute atomic E-state index is 0.157. The van der Waals surface area contributed by atoms with Gasteiger partial charge in [-0.15, -0.1) is 0 Å². The first-order valence-corrected chi connectivity index (χ1v) is 9.86. The van der Waals surface area contributed by atoms with Crippen molar-refractivity contribution in [2.45, 2.75) is 19.5 Å². The molecule has 162 valence electrons. The van der Waals surface area contributed by atoms with Crippen LogP contribution in [0.3, 0.4) is 0 Å². The van der Waals surface area contributed by atoms with E-state index in [1.807, 2.05) is 37.3 Å². The van der Waals surface area contributed by atoms with Gasteiger partial charge >= 0.3 is 0 Å². The molecule has 0 N–H and O–H groups in total. The van der Waals surface area contributed by atoms with Crippen molar-refractivity contribution in [2.75, 3.05) is 7.05 Å². The van der Waals surface area contributed by atoms with Crippen molar-refractivity contribution < 1.29 is 9.72 Å². The molecule has 2 aromatic heterocycles. The summed E-state index contributed by atoms with van der Waals surface area (Å²) < 4.78 is 2.47. The number of benzene rings is 2. The second-order valence-electron chi connectivity index (χ2n) is 7.31. The van der Waals surface area contributed by atoms with Crippen LogP contribution in [0, 0.1) is 10.1 Å². The lowest BCUT2D eigenvalue weighted by Crippen LogP contribution is -2.35. The molecule has 10 heteroatoms. The highest BCUT2D eigenvalue weighted by Crippen LogP contribution is 2.24. The average molecular weight is 432 g/mol. The van der Waals surface area contributed by atoms with Crippen LogP contribution in [0.2, 0.25) is 0 Å². The number of para-hydroxylation sites is 2. The van der Waals surface area contributed by atoms with E-state index in [0.29, 0.717) is 0 Å². The molecule has 0 saturated carbocycles. The number of rotatable bonds is 6. The standard InChI is InChI=1S/C22H20N6O4/c1-15(16-8-4-3-5-9-16)25(2)20(29)13-26-14-23-21-17(22(26)30)12-24-27(21)18-10-6-7-11-19(18)28(31)32/h3-12,14-15H,13H2,1-2H3. The molecule has 0 aliphatic carbocycles. The third kappa shape index (κ3) is 3.73. The van der Waals surface area contributed by atoms with Crippen LogP contribution in [0.25, 0.3) is 16.7 Å². The molecular formula is C22H20N6O4. The summed E-state index contributed by atoms with van der Waals surface area (Å²) in [5.74, 6) is -0.254. The second kappa shape index (κ2) is 8.42. The van der Waals surface area contributed by atoms with E-state index in [9.17, 15) is 19.7 Å². The minimum Gasteiger partial charge on any atom is -0.337 e.